The molecular formula is C17H26N2O. The average molecular weight is 274 g/mol. The van der Waals surface area contributed by atoms with Crippen LogP contribution in [0.4, 0.5) is 0 Å². The third-order valence-electron chi connectivity index (χ3n) is 4.61. The van der Waals surface area contributed by atoms with Crippen LogP contribution in [-0.4, -0.2) is 29.9 Å². The van der Waals surface area contributed by atoms with E-state index < -0.39 is 5.41 Å². The van der Waals surface area contributed by atoms with E-state index in [0.717, 1.165) is 18.5 Å². The second kappa shape index (κ2) is 5.57. The van der Waals surface area contributed by atoms with Gasteiger partial charge in [0.05, 0.1) is 5.41 Å². The Hall–Kier alpha value is -1.35. The number of amides is 1. The maximum atomic E-state index is 13.0. The first-order valence-electron chi connectivity index (χ1n) is 7.45. The maximum absolute atomic E-state index is 13.0. The Morgan fingerprint density at radius 3 is 2.60 bits per heavy atom. The normalized spacial score (nSPS) is 23.1. The Labute approximate surface area is 122 Å². The first-order chi connectivity index (χ1) is 9.37. The van der Waals surface area contributed by atoms with Gasteiger partial charge >= 0.3 is 0 Å². The molecule has 0 radical (unpaired) electrons. The molecule has 1 amide bonds. The summed E-state index contributed by atoms with van der Waals surface area (Å²) >= 11 is 0. The summed E-state index contributed by atoms with van der Waals surface area (Å²) in [7, 11) is 0. The summed E-state index contributed by atoms with van der Waals surface area (Å²) in [4.78, 5) is 15.0. The molecule has 3 heteroatoms. The number of hydrogen-bond donors (Lipinski definition) is 1. The molecule has 1 aliphatic rings. The highest BCUT2D eigenvalue weighted by Gasteiger charge is 2.40. The molecule has 0 saturated carbocycles. The van der Waals surface area contributed by atoms with E-state index >= 15 is 0 Å². The molecule has 1 fully saturated rings. The maximum Gasteiger partial charge on any atom is 0.232 e. The number of aryl methyl sites for hydroxylation is 1. The first kappa shape index (κ1) is 15.0. The summed E-state index contributed by atoms with van der Waals surface area (Å²) in [5, 5.41) is 0. The Kier molecular flexibility index (Phi) is 4.19. The van der Waals surface area contributed by atoms with Gasteiger partial charge in [-0.1, -0.05) is 24.3 Å². The van der Waals surface area contributed by atoms with E-state index in [2.05, 4.69) is 26.0 Å². The molecule has 1 aromatic carbocycles. The summed E-state index contributed by atoms with van der Waals surface area (Å²) in [6.45, 7) is 9.72. The lowest BCUT2D eigenvalue weighted by Crippen LogP contribution is -2.45. The van der Waals surface area contributed by atoms with Crippen LogP contribution in [0.3, 0.4) is 0 Å². The van der Waals surface area contributed by atoms with Crippen molar-refractivity contribution in [2.45, 2.75) is 45.6 Å². The van der Waals surface area contributed by atoms with Crippen molar-refractivity contribution in [2.75, 3.05) is 13.1 Å². The number of rotatable bonds is 3. The van der Waals surface area contributed by atoms with Crippen molar-refractivity contribution in [1.82, 2.24) is 4.90 Å². The van der Waals surface area contributed by atoms with E-state index in [1.54, 1.807) is 0 Å². The minimum Gasteiger partial charge on any atom is -0.339 e. The molecule has 20 heavy (non-hydrogen) atoms. The van der Waals surface area contributed by atoms with Gasteiger partial charge in [-0.25, -0.2) is 0 Å². The van der Waals surface area contributed by atoms with Crippen LogP contribution in [0.15, 0.2) is 24.3 Å². The van der Waals surface area contributed by atoms with E-state index in [-0.39, 0.29) is 5.91 Å². The number of carbonyl (C=O) groups excluding carboxylic acids is 1. The smallest absolute Gasteiger partial charge is 0.232 e. The topological polar surface area (TPSA) is 46.3 Å². The molecule has 1 saturated heterocycles. The summed E-state index contributed by atoms with van der Waals surface area (Å²) in [6.07, 6.45) is 1.02. The summed E-state index contributed by atoms with van der Waals surface area (Å²) < 4.78 is 0. The van der Waals surface area contributed by atoms with Crippen LogP contribution in [0.2, 0.25) is 0 Å². The van der Waals surface area contributed by atoms with Gasteiger partial charge in [-0.3, -0.25) is 4.79 Å². The number of hydrogen-bond acceptors (Lipinski definition) is 2. The molecule has 0 spiro atoms. The zero-order chi connectivity index (χ0) is 14.9. The van der Waals surface area contributed by atoms with Crippen molar-refractivity contribution in [3.05, 3.63) is 35.4 Å². The van der Waals surface area contributed by atoms with E-state index in [1.165, 1.54) is 5.56 Å². The van der Waals surface area contributed by atoms with E-state index in [1.807, 2.05) is 30.9 Å². The lowest BCUT2D eigenvalue weighted by atomic mass is 9.80. The summed E-state index contributed by atoms with van der Waals surface area (Å²) in [5.74, 6) is 0.664. The fourth-order valence-corrected chi connectivity index (χ4v) is 3.34. The van der Waals surface area contributed by atoms with Crippen molar-refractivity contribution in [2.24, 2.45) is 11.7 Å². The molecule has 0 bridgehead atoms. The molecule has 2 rings (SSSR count). The lowest BCUT2D eigenvalue weighted by molar-refractivity contribution is -0.137. The van der Waals surface area contributed by atoms with Gasteiger partial charge in [0.1, 0.15) is 0 Å². The van der Waals surface area contributed by atoms with Crippen molar-refractivity contribution >= 4 is 5.91 Å². The van der Waals surface area contributed by atoms with Crippen molar-refractivity contribution in [3.63, 3.8) is 0 Å². The minimum absolute atomic E-state index is 0.218. The third kappa shape index (κ3) is 2.59. The molecular weight excluding hydrogens is 248 g/mol. The molecule has 2 atom stereocenters. The van der Waals surface area contributed by atoms with Gasteiger partial charge in [-0.2, -0.15) is 0 Å². The Balaban J connectivity index is 2.26. The SMILES string of the molecule is Cc1ccccc1C(C)(C)C(=O)N1CC(CN)CC1C. The molecule has 0 aromatic heterocycles. The molecule has 110 valence electrons. The van der Waals surface area contributed by atoms with Gasteiger partial charge in [-0.05, 0) is 57.7 Å². The van der Waals surface area contributed by atoms with Crippen LogP contribution in [0.5, 0.6) is 0 Å². The molecule has 3 nitrogen and oxygen atoms in total. The number of likely N-dealkylation sites (tertiary alicyclic amines) is 1. The molecule has 2 unspecified atom stereocenters. The van der Waals surface area contributed by atoms with Crippen LogP contribution >= 0.6 is 0 Å². The van der Waals surface area contributed by atoms with Crippen LogP contribution in [-0.2, 0) is 10.2 Å². The standard InChI is InChI=1S/C17H26N2O/c1-12-7-5-6-8-15(12)17(3,4)16(20)19-11-14(10-18)9-13(19)2/h5-8,13-14H,9-11,18H2,1-4H3. The molecule has 0 aliphatic carbocycles. The van der Waals surface area contributed by atoms with Gasteiger partial charge in [0, 0.05) is 12.6 Å². The van der Waals surface area contributed by atoms with Crippen molar-refractivity contribution in [1.29, 1.82) is 0 Å². The van der Waals surface area contributed by atoms with Crippen LogP contribution in [0, 0.1) is 12.8 Å². The molecule has 1 aliphatic heterocycles. The van der Waals surface area contributed by atoms with E-state index in [0.29, 0.717) is 18.5 Å². The highest BCUT2D eigenvalue weighted by atomic mass is 16.2. The molecule has 1 heterocycles. The fourth-order valence-electron chi connectivity index (χ4n) is 3.34. The van der Waals surface area contributed by atoms with E-state index in [4.69, 9.17) is 5.73 Å². The van der Waals surface area contributed by atoms with Crippen molar-refractivity contribution in [3.8, 4) is 0 Å². The van der Waals surface area contributed by atoms with Gasteiger partial charge < -0.3 is 10.6 Å². The largest absolute Gasteiger partial charge is 0.339 e. The average Bonchev–Trinajstić information content (AvgIpc) is 2.79. The highest BCUT2D eigenvalue weighted by molar-refractivity contribution is 5.88. The number of carbonyl (C=O) groups is 1. The molecule has 2 N–H and O–H groups in total. The predicted molar refractivity (Wildman–Crippen MR) is 82.5 cm³/mol. The van der Waals surface area contributed by atoms with Crippen LogP contribution in [0.25, 0.3) is 0 Å². The Morgan fingerprint density at radius 2 is 2.05 bits per heavy atom. The fraction of sp³-hybridized carbons (Fsp3) is 0.588. The zero-order valence-corrected chi connectivity index (χ0v) is 13.0. The van der Waals surface area contributed by atoms with E-state index in [9.17, 15) is 4.79 Å². The van der Waals surface area contributed by atoms with Crippen LogP contribution < -0.4 is 5.73 Å². The minimum atomic E-state index is -0.483. The Bertz CT molecular complexity index is 496. The number of benzene rings is 1. The first-order valence-corrected chi connectivity index (χ1v) is 7.45. The second-order valence-corrected chi connectivity index (χ2v) is 6.58. The van der Waals surface area contributed by atoms with Crippen LogP contribution in [0.1, 0.15) is 38.3 Å². The molecule has 1 aromatic rings. The number of nitrogens with two attached hydrogens (primary N) is 1. The van der Waals surface area contributed by atoms with Gasteiger partial charge in [0.2, 0.25) is 5.91 Å². The number of nitrogens with zero attached hydrogens (tertiary/aromatic N) is 1. The summed E-state index contributed by atoms with van der Waals surface area (Å²) in [5.41, 5.74) is 7.57. The van der Waals surface area contributed by atoms with Gasteiger partial charge in [0.25, 0.3) is 0 Å². The Morgan fingerprint density at radius 1 is 1.40 bits per heavy atom. The third-order valence-corrected chi connectivity index (χ3v) is 4.61. The highest BCUT2D eigenvalue weighted by Crippen LogP contribution is 2.32. The zero-order valence-electron chi connectivity index (χ0n) is 13.0. The lowest BCUT2D eigenvalue weighted by Gasteiger charge is -2.33. The predicted octanol–water partition coefficient (Wildman–Crippen LogP) is 2.47. The quantitative estimate of drug-likeness (QED) is 0.920. The second-order valence-electron chi connectivity index (χ2n) is 6.58. The van der Waals surface area contributed by atoms with Gasteiger partial charge in [0.15, 0.2) is 0 Å². The van der Waals surface area contributed by atoms with Crippen molar-refractivity contribution < 1.29 is 4.79 Å². The van der Waals surface area contributed by atoms with Gasteiger partial charge in [-0.15, -0.1) is 0 Å². The summed E-state index contributed by atoms with van der Waals surface area (Å²) in [6, 6.07) is 8.45. The monoisotopic (exact) mass is 274 g/mol.